The normalized spacial score (nSPS) is 15.4. The molecule has 0 saturated heterocycles. The maximum absolute atomic E-state index is 13.0. The molecule has 0 unspecified atom stereocenters. The van der Waals surface area contributed by atoms with Crippen molar-refractivity contribution in [3.63, 3.8) is 0 Å². The summed E-state index contributed by atoms with van der Waals surface area (Å²) in [4.78, 5) is 35.1. The van der Waals surface area contributed by atoms with Gasteiger partial charge in [0.1, 0.15) is 17.9 Å². The van der Waals surface area contributed by atoms with Gasteiger partial charge >= 0.3 is 5.97 Å². The van der Waals surface area contributed by atoms with Crippen LogP contribution in [0.25, 0.3) is 0 Å². The Balaban J connectivity index is 1.72. The van der Waals surface area contributed by atoms with E-state index >= 15 is 0 Å². The molecular weight excluding hydrogens is 329 g/mol. The summed E-state index contributed by atoms with van der Waals surface area (Å²) in [6.45, 7) is 0.628. The maximum Gasteiger partial charge on any atom is 0.325 e. The fourth-order valence-electron chi connectivity index (χ4n) is 2.29. The molecule has 1 aliphatic carbocycles. The highest BCUT2D eigenvalue weighted by Gasteiger charge is 2.43. The van der Waals surface area contributed by atoms with E-state index in [1.807, 2.05) is 0 Å². The Morgan fingerprint density at radius 1 is 1.40 bits per heavy atom. The molecule has 25 heavy (non-hydrogen) atoms. The van der Waals surface area contributed by atoms with Gasteiger partial charge in [-0.15, -0.1) is 0 Å². The van der Waals surface area contributed by atoms with Crippen LogP contribution in [0.4, 0.5) is 4.39 Å². The highest BCUT2D eigenvalue weighted by atomic mass is 19.1. The maximum atomic E-state index is 13.0. The van der Waals surface area contributed by atoms with Gasteiger partial charge in [-0.3, -0.25) is 14.4 Å². The van der Waals surface area contributed by atoms with E-state index in [9.17, 15) is 18.8 Å². The minimum Gasteiger partial charge on any atom is -0.454 e. The number of carbonyl (C=O) groups excluding carboxylic acids is 3. The Bertz CT molecular complexity index is 727. The number of esters is 1. The van der Waals surface area contributed by atoms with Gasteiger partial charge < -0.3 is 15.4 Å². The lowest BCUT2D eigenvalue weighted by Gasteiger charge is -2.22. The molecule has 7 nitrogen and oxygen atoms in total. The first kappa shape index (κ1) is 18.4. The van der Waals surface area contributed by atoms with E-state index in [1.54, 1.807) is 6.92 Å². The number of hydrogen-bond donors (Lipinski definition) is 2. The van der Waals surface area contributed by atoms with Crippen molar-refractivity contribution in [1.82, 2.24) is 10.6 Å². The molecule has 0 aliphatic heterocycles. The minimum atomic E-state index is -0.963. The first-order valence-corrected chi connectivity index (χ1v) is 7.75. The molecule has 0 spiro atoms. The molecule has 2 N–H and O–H groups in total. The smallest absolute Gasteiger partial charge is 0.325 e. The molecule has 0 bridgehead atoms. The minimum absolute atomic E-state index is 0.0692. The number of benzene rings is 1. The van der Waals surface area contributed by atoms with E-state index in [-0.39, 0.29) is 11.5 Å². The summed E-state index contributed by atoms with van der Waals surface area (Å²) in [7, 11) is 0. The second-order valence-electron chi connectivity index (χ2n) is 5.99. The van der Waals surface area contributed by atoms with E-state index in [4.69, 9.17) is 10.00 Å². The van der Waals surface area contributed by atoms with Crippen molar-refractivity contribution >= 4 is 17.8 Å². The monoisotopic (exact) mass is 347 g/mol. The zero-order valence-electron chi connectivity index (χ0n) is 13.7. The summed E-state index contributed by atoms with van der Waals surface area (Å²) in [5.41, 5.74) is -0.894. The van der Waals surface area contributed by atoms with Crippen LogP contribution in [0.2, 0.25) is 0 Å². The van der Waals surface area contributed by atoms with Crippen LogP contribution in [0, 0.1) is 23.1 Å². The molecule has 1 fully saturated rings. The van der Waals surface area contributed by atoms with Gasteiger partial charge in [0.2, 0.25) is 0 Å². The number of nitriles is 1. The van der Waals surface area contributed by atoms with Crippen LogP contribution in [0.5, 0.6) is 0 Å². The van der Waals surface area contributed by atoms with Crippen LogP contribution < -0.4 is 10.6 Å². The molecule has 1 aromatic carbocycles. The Labute approximate surface area is 144 Å². The molecule has 0 radical (unpaired) electrons. The number of rotatable bonds is 7. The largest absolute Gasteiger partial charge is 0.454 e. The van der Waals surface area contributed by atoms with E-state index in [1.165, 1.54) is 18.2 Å². The van der Waals surface area contributed by atoms with E-state index in [0.29, 0.717) is 0 Å². The summed E-state index contributed by atoms with van der Waals surface area (Å²) in [5.74, 6) is -2.48. The number of nitrogens with zero attached hydrogens (tertiary/aromatic N) is 1. The standard InChI is InChI=1S/C17H18FN3O4/c1-17(10-19,12-5-6-12)21-14(22)9-25-15(23)8-20-16(24)11-3-2-4-13(18)7-11/h2-4,7,12H,5-6,8-9H2,1H3,(H,20,24)(H,21,22)/t17-/m1/s1. The molecule has 1 aromatic rings. The van der Waals surface area contributed by atoms with Gasteiger partial charge in [-0.1, -0.05) is 6.07 Å². The molecule has 132 valence electrons. The van der Waals surface area contributed by atoms with Gasteiger partial charge in [-0.05, 0) is 43.9 Å². The van der Waals surface area contributed by atoms with Gasteiger partial charge in [-0.25, -0.2) is 4.39 Å². The molecule has 2 rings (SSSR count). The van der Waals surface area contributed by atoms with Gasteiger partial charge in [-0.2, -0.15) is 5.26 Å². The third-order valence-corrected chi connectivity index (χ3v) is 3.87. The van der Waals surface area contributed by atoms with Crippen molar-refractivity contribution < 1.29 is 23.5 Å². The third kappa shape index (κ3) is 5.28. The van der Waals surface area contributed by atoms with E-state index < -0.39 is 42.3 Å². The van der Waals surface area contributed by atoms with Crippen LogP contribution in [0.15, 0.2) is 24.3 Å². The Kier molecular flexibility index (Phi) is 5.70. The molecular formula is C17H18FN3O4. The Morgan fingerprint density at radius 3 is 2.72 bits per heavy atom. The zero-order chi connectivity index (χ0) is 18.4. The summed E-state index contributed by atoms with van der Waals surface area (Å²) in [6, 6.07) is 7.07. The summed E-state index contributed by atoms with van der Waals surface area (Å²) < 4.78 is 17.8. The van der Waals surface area contributed by atoms with E-state index in [2.05, 4.69) is 16.7 Å². The first-order valence-electron chi connectivity index (χ1n) is 7.75. The fraction of sp³-hybridized carbons (Fsp3) is 0.412. The quantitative estimate of drug-likeness (QED) is 0.713. The molecule has 1 aliphatic rings. The van der Waals surface area contributed by atoms with Gasteiger partial charge in [0, 0.05) is 5.56 Å². The molecule has 1 atom stereocenters. The van der Waals surface area contributed by atoms with Crippen molar-refractivity contribution in [2.45, 2.75) is 25.3 Å². The van der Waals surface area contributed by atoms with Crippen LogP contribution in [-0.2, 0) is 14.3 Å². The highest BCUT2D eigenvalue weighted by Crippen LogP contribution is 2.39. The van der Waals surface area contributed by atoms with Gasteiger partial charge in [0.15, 0.2) is 6.61 Å². The Hall–Kier alpha value is -2.95. The number of hydrogen-bond acceptors (Lipinski definition) is 5. The number of carbonyl (C=O) groups is 3. The van der Waals surface area contributed by atoms with Crippen molar-refractivity contribution in [3.8, 4) is 6.07 Å². The summed E-state index contributed by atoms with van der Waals surface area (Å²) in [5, 5.41) is 14.0. The van der Waals surface area contributed by atoms with Crippen LogP contribution in [0.1, 0.15) is 30.1 Å². The average Bonchev–Trinajstić information content (AvgIpc) is 3.43. The highest BCUT2D eigenvalue weighted by molar-refractivity contribution is 5.96. The van der Waals surface area contributed by atoms with Crippen LogP contribution in [0.3, 0.4) is 0 Å². The van der Waals surface area contributed by atoms with Crippen molar-refractivity contribution in [2.24, 2.45) is 5.92 Å². The Morgan fingerprint density at radius 2 is 2.12 bits per heavy atom. The topological polar surface area (TPSA) is 108 Å². The van der Waals surface area contributed by atoms with Gasteiger partial charge in [0.25, 0.3) is 11.8 Å². The number of ether oxygens (including phenoxy) is 1. The van der Waals surface area contributed by atoms with Crippen LogP contribution in [-0.4, -0.2) is 36.5 Å². The summed E-state index contributed by atoms with van der Waals surface area (Å²) in [6.07, 6.45) is 1.74. The lowest BCUT2D eigenvalue weighted by Crippen LogP contribution is -2.48. The number of halogens is 1. The second kappa shape index (κ2) is 7.75. The van der Waals surface area contributed by atoms with Crippen molar-refractivity contribution in [1.29, 1.82) is 5.26 Å². The number of nitrogens with one attached hydrogen (secondary N) is 2. The van der Waals surface area contributed by atoms with Gasteiger partial charge in [0.05, 0.1) is 6.07 Å². The van der Waals surface area contributed by atoms with Crippen LogP contribution >= 0.6 is 0 Å². The van der Waals surface area contributed by atoms with Crippen molar-refractivity contribution in [3.05, 3.63) is 35.6 Å². The molecule has 0 aromatic heterocycles. The summed E-state index contributed by atoms with van der Waals surface area (Å²) >= 11 is 0. The lowest BCUT2D eigenvalue weighted by atomic mass is 9.98. The molecule has 8 heteroatoms. The lowest BCUT2D eigenvalue weighted by molar-refractivity contribution is -0.147. The van der Waals surface area contributed by atoms with E-state index in [0.717, 1.165) is 18.9 Å². The third-order valence-electron chi connectivity index (χ3n) is 3.87. The molecule has 0 heterocycles. The predicted octanol–water partition coefficient (Wildman–Crippen LogP) is 0.907. The first-order chi connectivity index (χ1) is 11.8. The second-order valence-corrected chi connectivity index (χ2v) is 5.99. The predicted molar refractivity (Wildman–Crippen MR) is 84.6 cm³/mol. The number of amides is 2. The van der Waals surface area contributed by atoms with Crippen molar-refractivity contribution in [2.75, 3.05) is 13.2 Å². The fourth-order valence-corrected chi connectivity index (χ4v) is 2.29. The average molecular weight is 347 g/mol. The molecule has 2 amide bonds. The zero-order valence-corrected chi connectivity index (χ0v) is 13.7. The SMILES string of the molecule is C[C@](C#N)(NC(=O)COC(=O)CNC(=O)c1cccc(F)c1)C1CC1. The molecule has 1 saturated carbocycles.